The van der Waals surface area contributed by atoms with Crippen LogP contribution in [0.3, 0.4) is 0 Å². The number of alkyl halides is 3. The van der Waals surface area contributed by atoms with Crippen LogP contribution >= 0.6 is 0 Å². The highest BCUT2D eigenvalue weighted by molar-refractivity contribution is 5.78. The van der Waals surface area contributed by atoms with Crippen molar-refractivity contribution in [1.29, 1.82) is 0 Å². The van der Waals surface area contributed by atoms with Gasteiger partial charge in [0.2, 0.25) is 0 Å². The van der Waals surface area contributed by atoms with Gasteiger partial charge in [-0.2, -0.15) is 18.3 Å². The Labute approximate surface area is 147 Å². The molecule has 2 heterocycles. The molecule has 0 radical (unpaired) electrons. The van der Waals surface area contributed by atoms with Gasteiger partial charge in [-0.1, -0.05) is 30.3 Å². The number of aryl methyl sites for hydroxylation is 1. The predicted octanol–water partition coefficient (Wildman–Crippen LogP) is 4.81. The minimum atomic E-state index is -4.37. The second-order valence-electron chi connectivity index (χ2n) is 5.84. The van der Waals surface area contributed by atoms with E-state index in [0.717, 1.165) is 17.7 Å². The first kappa shape index (κ1) is 16.3. The summed E-state index contributed by atoms with van der Waals surface area (Å²) in [5.74, 6) is 0. The van der Waals surface area contributed by atoms with Gasteiger partial charge in [-0.05, 0) is 31.2 Å². The Morgan fingerprint density at radius 1 is 0.923 bits per heavy atom. The van der Waals surface area contributed by atoms with Crippen molar-refractivity contribution in [3.63, 3.8) is 0 Å². The fraction of sp³-hybridized carbons (Fsp3) is 0.105. The summed E-state index contributed by atoms with van der Waals surface area (Å²) < 4.78 is 39.8. The molecule has 0 unspecified atom stereocenters. The number of benzene rings is 2. The molecule has 0 fully saturated rings. The molecule has 2 aromatic heterocycles. The van der Waals surface area contributed by atoms with Crippen LogP contribution < -0.4 is 0 Å². The van der Waals surface area contributed by atoms with E-state index in [1.807, 2.05) is 30.3 Å². The number of nitrogens with zero attached hydrogens (tertiary/aromatic N) is 4. The molecule has 0 aliphatic carbocycles. The number of rotatable bonds is 2. The molecule has 0 saturated heterocycles. The third-order valence-electron chi connectivity index (χ3n) is 4.06. The third-order valence-corrected chi connectivity index (χ3v) is 4.06. The number of hydrogen-bond acceptors (Lipinski definition) is 3. The molecular formula is C19H13F3N4. The van der Waals surface area contributed by atoms with Gasteiger partial charge in [0.15, 0.2) is 5.65 Å². The van der Waals surface area contributed by atoms with Gasteiger partial charge >= 0.3 is 6.18 Å². The Morgan fingerprint density at radius 3 is 2.27 bits per heavy atom. The van der Waals surface area contributed by atoms with Gasteiger partial charge in [0.05, 0.1) is 28.8 Å². The van der Waals surface area contributed by atoms with Crippen molar-refractivity contribution in [2.24, 2.45) is 0 Å². The molecule has 7 heteroatoms. The van der Waals surface area contributed by atoms with E-state index in [4.69, 9.17) is 0 Å². The minimum absolute atomic E-state index is 0.496. The molecule has 0 spiro atoms. The maximum absolute atomic E-state index is 12.8. The van der Waals surface area contributed by atoms with E-state index in [2.05, 4.69) is 15.1 Å². The van der Waals surface area contributed by atoms with Crippen molar-refractivity contribution in [3.8, 4) is 16.9 Å². The minimum Gasteiger partial charge on any atom is -0.249 e. The first-order chi connectivity index (χ1) is 12.4. The Kier molecular flexibility index (Phi) is 3.72. The monoisotopic (exact) mass is 354 g/mol. The van der Waals surface area contributed by atoms with Gasteiger partial charge in [0, 0.05) is 5.56 Å². The first-order valence-electron chi connectivity index (χ1n) is 7.89. The fourth-order valence-electron chi connectivity index (χ4n) is 2.75. The van der Waals surface area contributed by atoms with E-state index in [1.165, 1.54) is 16.8 Å². The molecule has 0 bridgehead atoms. The van der Waals surface area contributed by atoms with Crippen LogP contribution in [0.5, 0.6) is 0 Å². The molecule has 4 aromatic rings. The Balaban J connectivity index is 1.85. The van der Waals surface area contributed by atoms with Crippen LogP contribution in [0.4, 0.5) is 13.2 Å². The lowest BCUT2D eigenvalue weighted by atomic mass is 10.2. The van der Waals surface area contributed by atoms with Crippen molar-refractivity contribution in [2.45, 2.75) is 13.1 Å². The van der Waals surface area contributed by atoms with E-state index in [0.29, 0.717) is 28.2 Å². The normalized spacial score (nSPS) is 11.8. The van der Waals surface area contributed by atoms with Crippen LogP contribution in [0.2, 0.25) is 0 Å². The summed E-state index contributed by atoms with van der Waals surface area (Å²) in [5.41, 5.74) is 3.15. The van der Waals surface area contributed by atoms with Crippen molar-refractivity contribution in [3.05, 3.63) is 72.1 Å². The molecule has 130 valence electrons. The molecule has 0 atom stereocenters. The summed E-state index contributed by atoms with van der Waals surface area (Å²) >= 11 is 0. The van der Waals surface area contributed by atoms with Gasteiger partial charge in [0.25, 0.3) is 0 Å². The van der Waals surface area contributed by atoms with Crippen LogP contribution in [0.1, 0.15) is 11.3 Å². The predicted molar refractivity (Wildman–Crippen MR) is 91.8 cm³/mol. The van der Waals surface area contributed by atoms with Gasteiger partial charge in [-0.15, -0.1) is 0 Å². The molecule has 4 nitrogen and oxygen atoms in total. The highest BCUT2D eigenvalue weighted by atomic mass is 19.4. The highest BCUT2D eigenvalue weighted by Gasteiger charge is 2.30. The smallest absolute Gasteiger partial charge is 0.249 e. The van der Waals surface area contributed by atoms with Crippen LogP contribution in [0.25, 0.3) is 28.1 Å². The van der Waals surface area contributed by atoms with Gasteiger partial charge in [-0.25, -0.2) is 14.6 Å². The molecule has 0 saturated carbocycles. The molecule has 0 aliphatic heterocycles. The quantitative estimate of drug-likeness (QED) is 0.519. The first-order valence-corrected chi connectivity index (χ1v) is 7.89. The number of aromatic nitrogens is 4. The van der Waals surface area contributed by atoms with E-state index < -0.39 is 11.7 Å². The summed E-state index contributed by atoms with van der Waals surface area (Å²) in [6, 6.07) is 14.4. The molecule has 2 aromatic carbocycles. The number of hydrogen-bond donors (Lipinski definition) is 0. The number of halogens is 3. The van der Waals surface area contributed by atoms with Gasteiger partial charge < -0.3 is 0 Å². The lowest BCUT2D eigenvalue weighted by molar-refractivity contribution is -0.137. The van der Waals surface area contributed by atoms with E-state index in [9.17, 15) is 13.2 Å². The number of fused-ring (bicyclic) bond motifs is 1. The summed E-state index contributed by atoms with van der Waals surface area (Å²) in [6.07, 6.45) is -2.70. The molecule has 0 aliphatic rings. The summed E-state index contributed by atoms with van der Waals surface area (Å²) in [7, 11) is 0. The topological polar surface area (TPSA) is 43.6 Å². The molecule has 4 rings (SSSR count). The van der Waals surface area contributed by atoms with Crippen LogP contribution in [-0.4, -0.2) is 19.7 Å². The zero-order chi connectivity index (χ0) is 18.3. The average molecular weight is 354 g/mol. The van der Waals surface area contributed by atoms with Crippen molar-refractivity contribution < 1.29 is 13.2 Å². The van der Waals surface area contributed by atoms with E-state index in [-0.39, 0.29) is 0 Å². The van der Waals surface area contributed by atoms with Crippen LogP contribution in [0, 0.1) is 6.92 Å². The largest absolute Gasteiger partial charge is 0.416 e. The fourth-order valence-corrected chi connectivity index (χ4v) is 2.75. The summed E-state index contributed by atoms with van der Waals surface area (Å²) in [4.78, 5) is 9.06. The van der Waals surface area contributed by atoms with Crippen molar-refractivity contribution in [1.82, 2.24) is 19.7 Å². The average Bonchev–Trinajstić information content (AvgIpc) is 2.98. The zero-order valence-corrected chi connectivity index (χ0v) is 13.7. The van der Waals surface area contributed by atoms with E-state index >= 15 is 0 Å². The second kappa shape index (κ2) is 5.94. The lowest BCUT2D eigenvalue weighted by Crippen LogP contribution is -2.05. The van der Waals surface area contributed by atoms with E-state index in [1.54, 1.807) is 13.1 Å². The molecule has 0 amide bonds. The van der Waals surface area contributed by atoms with Crippen molar-refractivity contribution >= 4 is 11.2 Å². The standard InChI is InChI=1S/C19H13F3N4/c1-12-17-18(24-16(11-23-17)13-5-3-2-4-6-13)26(25-12)15-9-7-14(8-10-15)19(20,21)22/h2-11H,1H3. The second-order valence-corrected chi connectivity index (χ2v) is 5.84. The Hall–Kier alpha value is -3.22. The Morgan fingerprint density at radius 2 is 1.62 bits per heavy atom. The summed E-state index contributed by atoms with van der Waals surface area (Å²) in [5, 5.41) is 4.40. The maximum atomic E-state index is 12.8. The van der Waals surface area contributed by atoms with Crippen molar-refractivity contribution in [2.75, 3.05) is 0 Å². The lowest BCUT2D eigenvalue weighted by Gasteiger charge is -2.08. The summed E-state index contributed by atoms with van der Waals surface area (Å²) in [6.45, 7) is 1.79. The van der Waals surface area contributed by atoms with Gasteiger partial charge in [0.1, 0.15) is 5.52 Å². The highest BCUT2D eigenvalue weighted by Crippen LogP contribution is 2.30. The Bertz CT molecular complexity index is 1070. The SMILES string of the molecule is Cc1nn(-c2ccc(C(F)(F)F)cc2)c2nc(-c3ccccc3)cnc12. The zero-order valence-electron chi connectivity index (χ0n) is 13.7. The van der Waals surface area contributed by atoms with Crippen LogP contribution in [0.15, 0.2) is 60.8 Å². The molecule has 0 N–H and O–H groups in total. The maximum Gasteiger partial charge on any atom is 0.416 e. The molecule has 26 heavy (non-hydrogen) atoms. The molecular weight excluding hydrogens is 341 g/mol. The third kappa shape index (κ3) is 2.81. The van der Waals surface area contributed by atoms with Gasteiger partial charge in [-0.3, -0.25) is 0 Å². The van der Waals surface area contributed by atoms with Crippen LogP contribution in [-0.2, 0) is 6.18 Å².